The van der Waals surface area contributed by atoms with Crippen LogP contribution in [0.4, 0.5) is 0 Å². The van der Waals surface area contributed by atoms with Crippen LogP contribution in [0.5, 0.6) is 23.0 Å². The number of hydrogen-bond donors (Lipinski definition) is 0. The minimum Gasteiger partial charge on any atom is -0.497 e. The van der Waals surface area contributed by atoms with Gasteiger partial charge in [-0.3, -0.25) is 4.79 Å². The molecule has 0 bridgehead atoms. The van der Waals surface area contributed by atoms with Crippen LogP contribution >= 0.6 is 0 Å². The SMILES string of the molecule is COc1ccc(-c2coc3c4c(cc(OC)c3c2=O)OC(C)(C)C=C4)c(OC)c1. The Morgan fingerprint density at radius 3 is 2.38 bits per heavy atom. The van der Waals surface area contributed by atoms with Gasteiger partial charge in [0.25, 0.3) is 0 Å². The Balaban J connectivity index is 2.00. The van der Waals surface area contributed by atoms with E-state index in [1.165, 1.54) is 13.4 Å². The molecule has 0 amide bonds. The quantitative estimate of drug-likeness (QED) is 0.641. The third kappa shape index (κ3) is 3.10. The molecule has 6 nitrogen and oxygen atoms in total. The summed E-state index contributed by atoms with van der Waals surface area (Å²) >= 11 is 0. The lowest BCUT2D eigenvalue weighted by molar-refractivity contribution is 0.158. The number of ether oxygens (including phenoxy) is 4. The molecule has 29 heavy (non-hydrogen) atoms. The van der Waals surface area contributed by atoms with Gasteiger partial charge in [-0.2, -0.15) is 0 Å². The summed E-state index contributed by atoms with van der Waals surface area (Å²) in [5.74, 6) is 2.15. The van der Waals surface area contributed by atoms with Gasteiger partial charge in [-0.1, -0.05) is 0 Å². The summed E-state index contributed by atoms with van der Waals surface area (Å²) in [6.45, 7) is 3.91. The van der Waals surface area contributed by atoms with E-state index in [1.54, 1.807) is 38.5 Å². The van der Waals surface area contributed by atoms with Gasteiger partial charge >= 0.3 is 0 Å². The second-order valence-corrected chi connectivity index (χ2v) is 7.28. The van der Waals surface area contributed by atoms with Gasteiger partial charge in [0.15, 0.2) is 5.58 Å². The Kier molecular flexibility index (Phi) is 4.49. The van der Waals surface area contributed by atoms with E-state index < -0.39 is 5.60 Å². The van der Waals surface area contributed by atoms with Crippen molar-refractivity contribution in [1.29, 1.82) is 0 Å². The predicted molar refractivity (Wildman–Crippen MR) is 111 cm³/mol. The molecular formula is C23H22O6. The molecule has 1 aliphatic rings. The fourth-order valence-corrected chi connectivity index (χ4v) is 3.48. The second kappa shape index (κ2) is 6.88. The lowest BCUT2D eigenvalue weighted by Crippen LogP contribution is -2.27. The number of fused-ring (bicyclic) bond motifs is 3. The van der Waals surface area contributed by atoms with Crippen LogP contribution in [0.25, 0.3) is 28.2 Å². The molecule has 2 heterocycles. The molecule has 1 aliphatic heterocycles. The highest BCUT2D eigenvalue weighted by Crippen LogP contribution is 2.41. The predicted octanol–water partition coefficient (Wildman–Crippen LogP) is 4.67. The number of rotatable bonds is 4. The van der Waals surface area contributed by atoms with Gasteiger partial charge in [0.2, 0.25) is 5.43 Å². The van der Waals surface area contributed by atoms with Crippen molar-refractivity contribution in [2.24, 2.45) is 0 Å². The van der Waals surface area contributed by atoms with Gasteiger partial charge < -0.3 is 23.4 Å². The van der Waals surface area contributed by atoms with E-state index in [0.29, 0.717) is 50.7 Å². The highest BCUT2D eigenvalue weighted by atomic mass is 16.5. The fraction of sp³-hybridized carbons (Fsp3) is 0.261. The molecule has 0 atom stereocenters. The topological polar surface area (TPSA) is 67.1 Å². The zero-order valence-corrected chi connectivity index (χ0v) is 17.0. The van der Waals surface area contributed by atoms with Gasteiger partial charge in [0.05, 0.1) is 32.5 Å². The summed E-state index contributed by atoms with van der Waals surface area (Å²) in [6, 6.07) is 6.99. The average Bonchev–Trinajstić information content (AvgIpc) is 2.72. The van der Waals surface area contributed by atoms with Crippen LogP contribution in [0.3, 0.4) is 0 Å². The van der Waals surface area contributed by atoms with Crippen molar-refractivity contribution in [3.8, 4) is 34.1 Å². The van der Waals surface area contributed by atoms with Crippen molar-refractivity contribution in [3.05, 3.63) is 52.4 Å². The Labute approximate surface area is 168 Å². The average molecular weight is 394 g/mol. The smallest absolute Gasteiger partial charge is 0.204 e. The summed E-state index contributed by atoms with van der Waals surface area (Å²) in [5.41, 5.74) is 1.45. The van der Waals surface area contributed by atoms with E-state index in [2.05, 4.69) is 0 Å². The van der Waals surface area contributed by atoms with Crippen LogP contribution in [0.2, 0.25) is 0 Å². The first-order valence-electron chi connectivity index (χ1n) is 9.15. The molecule has 3 aromatic rings. The highest BCUT2D eigenvalue weighted by Gasteiger charge is 2.27. The van der Waals surface area contributed by atoms with E-state index >= 15 is 0 Å². The van der Waals surface area contributed by atoms with Gasteiger partial charge in [-0.15, -0.1) is 0 Å². The Morgan fingerprint density at radius 2 is 1.69 bits per heavy atom. The van der Waals surface area contributed by atoms with Crippen LogP contribution in [-0.2, 0) is 0 Å². The maximum atomic E-state index is 13.5. The summed E-state index contributed by atoms with van der Waals surface area (Å²) in [5, 5.41) is 0.356. The van der Waals surface area contributed by atoms with Crippen molar-refractivity contribution in [3.63, 3.8) is 0 Å². The zero-order chi connectivity index (χ0) is 20.8. The first-order valence-corrected chi connectivity index (χ1v) is 9.15. The first-order chi connectivity index (χ1) is 13.9. The normalized spacial score (nSPS) is 14.2. The van der Waals surface area contributed by atoms with Crippen LogP contribution in [0, 0.1) is 0 Å². The van der Waals surface area contributed by atoms with Gasteiger partial charge in [-0.05, 0) is 38.1 Å². The van der Waals surface area contributed by atoms with E-state index in [9.17, 15) is 4.79 Å². The number of benzene rings is 2. The van der Waals surface area contributed by atoms with Crippen LogP contribution in [0.15, 0.2) is 45.8 Å². The molecule has 150 valence electrons. The largest absolute Gasteiger partial charge is 0.497 e. The molecule has 4 rings (SSSR count). The third-order valence-corrected chi connectivity index (χ3v) is 4.96. The van der Waals surface area contributed by atoms with E-state index in [-0.39, 0.29) is 5.43 Å². The van der Waals surface area contributed by atoms with Gasteiger partial charge in [0.1, 0.15) is 40.2 Å². The van der Waals surface area contributed by atoms with Crippen molar-refractivity contribution in [2.75, 3.05) is 21.3 Å². The molecule has 1 aromatic heterocycles. The Hall–Kier alpha value is -3.41. The Morgan fingerprint density at radius 1 is 0.931 bits per heavy atom. The van der Waals surface area contributed by atoms with E-state index in [4.69, 9.17) is 23.4 Å². The summed E-state index contributed by atoms with van der Waals surface area (Å²) in [7, 11) is 4.64. The van der Waals surface area contributed by atoms with Crippen molar-refractivity contribution in [2.45, 2.75) is 19.4 Å². The lowest BCUT2D eigenvalue weighted by atomic mass is 9.98. The molecule has 0 aliphatic carbocycles. The maximum Gasteiger partial charge on any atom is 0.204 e. The molecule has 0 fully saturated rings. The monoisotopic (exact) mass is 394 g/mol. The van der Waals surface area contributed by atoms with Crippen LogP contribution < -0.4 is 24.4 Å². The van der Waals surface area contributed by atoms with Crippen LogP contribution in [-0.4, -0.2) is 26.9 Å². The summed E-state index contributed by atoms with van der Waals surface area (Å²) in [6.07, 6.45) is 5.29. The molecule has 2 aromatic carbocycles. The zero-order valence-electron chi connectivity index (χ0n) is 17.0. The molecule has 0 unspecified atom stereocenters. The maximum absolute atomic E-state index is 13.5. The minimum atomic E-state index is -0.456. The Bertz CT molecular complexity index is 1190. The molecule has 0 radical (unpaired) electrons. The van der Waals surface area contributed by atoms with Crippen molar-refractivity contribution in [1.82, 2.24) is 0 Å². The molecule has 0 N–H and O–H groups in total. The first kappa shape index (κ1) is 18.9. The van der Waals surface area contributed by atoms with Crippen molar-refractivity contribution >= 4 is 17.0 Å². The highest BCUT2D eigenvalue weighted by molar-refractivity contribution is 5.96. The molecule has 0 spiro atoms. The second-order valence-electron chi connectivity index (χ2n) is 7.28. The third-order valence-electron chi connectivity index (χ3n) is 4.96. The summed E-state index contributed by atoms with van der Waals surface area (Å²) < 4.78 is 28.2. The standard InChI is InChI=1S/C23H22O6/c1-23(2)9-8-15-18(29-23)11-19(27-5)20-21(24)16(12-28-22(15)20)14-7-6-13(25-3)10-17(14)26-4/h6-12H,1-5H3. The minimum absolute atomic E-state index is 0.215. The summed E-state index contributed by atoms with van der Waals surface area (Å²) in [4.78, 5) is 13.5. The molecule has 0 saturated heterocycles. The number of hydrogen-bond acceptors (Lipinski definition) is 6. The lowest BCUT2D eigenvalue weighted by Gasteiger charge is -2.28. The fourth-order valence-electron chi connectivity index (χ4n) is 3.48. The van der Waals surface area contributed by atoms with Crippen molar-refractivity contribution < 1.29 is 23.4 Å². The van der Waals surface area contributed by atoms with E-state index in [1.807, 2.05) is 26.0 Å². The molecular weight excluding hydrogens is 372 g/mol. The van der Waals surface area contributed by atoms with E-state index in [0.717, 1.165) is 0 Å². The number of methoxy groups -OCH3 is 3. The molecule has 6 heteroatoms. The van der Waals surface area contributed by atoms with Gasteiger partial charge in [0, 0.05) is 17.7 Å². The molecule has 0 saturated carbocycles. The van der Waals surface area contributed by atoms with Gasteiger partial charge in [-0.25, -0.2) is 0 Å². The van der Waals surface area contributed by atoms with Crippen LogP contribution in [0.1, 0.15) is 19.4 Å².